The molecule has 0 radical (unpaired) electrons. The van der Waals surface area contributed by atoms with E-state index in [9.17, 15) is 0 Å². The fraction of sp³-hybridized carbons (Fsp3) is 0.364. The van der Waals surface area contributed by atoms with Gasteiger partial charge in [-0.05, 0) is 23.7 Å². The lowest BCUT2D eigenvalue weighted by Gasteiger charge is -2.08. The summed E-state index contributed by atoms with van der Waals surface area (Å²) in [5.41, 5.74) is 6.48. The molecular formula is C11H14N2O2. The molecule has 2 aromatic rings. The first-order chi connectivity index (χ1) is 7.31. The molecule has 0 saturated carbocycles. The van der Waals surface area contributed by atoms with Crippen molar-refractivity contribution in [2.24, 2.45) is 5.73 Å². The van der Waals surface area contributed by atoms with Gasteiger partial charge in [0.15, 0.2) is 5.58 Å². The number of hydrogen-bond acceptors (Lipinski definition) is 4. The highest BCUT2D eigenvalue weighted by atomic mass is 16.5. The molecule has 0 bridgehead atoms. The molecule has 0 fully saturated rings. The lowest BCUT2D eigenvalue weighted by atomic mass is 10.2. The smallest absolute Gasteiger partial charge is 0.262 e. The average Bonchev–Trinajstić information content (AvgIpc) is 2.69. The molecule has 0 aliphatic carbocycles. The van der Waals surface area contributed by atoms with E-state index in [-0.39, 0.29) is 6.04 Å². The maximum Gasteiger partial charge on any atom is 0.262 e. The van der Waals surface area contributed by atoms with Crippen LogP contribution in [-0.2, 0) is 0 Å². The van der Waals surface area contributed by atoms with E-state index in [4.69, 9.17) is 15.0 Å². The van der Waals surface area contributed by atoms with Gasteiger partial charge < -0.3 is 15.0 Å². The van der Waals surface area contributed by atoms with Crippen molar-refractivity contribution in [1.29, 1.82) is 0 Å². The third-order valence-corrected chi connectivity index (χ3v) is 2.30. The van der Waals surface area contributed by atoms with Crippen molar-refractivity contribution in [2.75, 3.05) is 6.61 Å². The van der Waals surface area contributed by atoms with Crippen molar-refractivity contribution < 1.29 is 9.26 Å². The quantitative estimate of drug-likeness (QED) is 0.830. The maximum absolute atomic E-state index is 5.75. The zero-order valence-electron chi connectivity index (χ0n) is 8.64. The standard InChI is InChI=1S/C11H14N2O2/c1-2-8(12)7-14-11-9-5-3-4-6-10(9)15-13-11/h3-6,8H,2,7,12H2,1H3. The summed E-state index contributed by atoms with van der Waals surface area (Å²) in [4.78, 5) is 0. The van der Waals surface area contributed by atoms with E-state index in [1.165, 1.54) is 0 Å². The number of para-hydroxylation sites is 1. The number of aromatic nitrogens is 1. The van der Waals surface area contributed by atoms with Crippen molar-refractivity contribution in [2.45, 2.75) is 19.4 Å². The summed E-state index contributed by atoms with van der Waals surface area (Å²) in [6.45, 7) is 2.49. The maximum atomic E-state index is 5.75. The summed E-state index contributed by atoms with van der Waals surface area (Å²) in [5.74, 6) is 0.523. The van der Waals surface area contributed by atoms with Gasteiger partial charge in [0.25, 0.3) is 5.88 Å². The Kier molecular flexibility index (Phi) is 2.87. The monoisotopic (exact) mass is 206 g/mol. The van der Waals surface area contributed by atoms with Crippen molar-refractivity contribution in [3.63, 3.8) is 0 Å². The Morgan fingerprint density at radius 1 is 1.47 bits per heavy atom. The molecule has 0 spiro atoms. The lowest BCUT2D eigenvalue weighted by molar-refractivity contribution is 0.260. The van der Waals surface area contributed by atoms with Crippen LogP contribution in [0, 0.1) is 0 Å². The van der Waals surface area contributed by atoms with Crippen LogP contribution in [0.3, 0.4) is 0 Å². The molecule has 2 rings (SSSR count). The number of rotatable bonds is 4. The fourth-order valence-corrected chi connectivity index (χ4v) is 1.27. The molecular weight excluding hydrogens is 192 g/mol. The Morgan fingerprint density at radius 3 is 3.07 bits per heavy atom. The van der Waals surface area contributed by atoms with E-state index in [0.29, 0.717) is 12.5 Å². The van der Waals surface area contributed by atoms with E-state index in [1.54, 1.807) is 0 Å². The number of nitrogens with zero attached hydrogens (tertiary/aromatic N) is 1. The van der Waals surface area contributed by atoms with Crippen LogP contribution >= 0.6 is 0 Å². The van der Waals surface area contributed by atoms with Crippen LogP contribution in [0.4, 0.5) is 0 Å². The molecule has 4 heteroatoms. The average molecular weight is 206 g/mol. The second kappa shape index (κ2) is 4.31. The predicted molar refractivity (Wildman–Crippen MR) is 57.8 cm³/mol. The van der Waals surface area contributed by atoms with Crippen LogP contribution in [0.25, 0.3) is 11.0 Å². The highest BCUT2D eigenvalue weighted by molar-refractivity contribution is 5.81. The molecule has 1 heterocycles. The van der Waals surface area contributed by atoms with Gasteiger partial charge in [0, 0.05) is 6.04 Å². The molecule has 0 aliphatic heterocycles. The van der Waals surface area contributed by atoms with Crippen LogP contribution in [0.5, 0.6) is 5.88 Å². The summed E-state index contributed by atoms with van der Waals surface area (Å²) >= 11 is 0. The third kappa shape index (κ3) is 2.10. The van der Waals surface area contributed by atoms with E-state index < -0.39 is 0 Å². The second-order valence-corrected chi connectivity index (χ2v) is 3.46. The summed E-state index contributed by atoms with van der Waals surface area (Å²) in [6, 6.07) is 7.63. The molecule has 1 atom stereocenters. The van der Waals surface area contributed by atoms with Crippen molar-refractivity contribution in [3.8, 4) is 5.88 Å². The predicted octanol–water partition coefficient (Wildman–Crippen LogP) is 1.94. The first-order valence-electron chi connectivity index (χ1n) is 5.04. The number of nitrogens with two attached hydrogens (primary N) is 1. The Morgan fingerprint density at radius 2 is 2.27 bits per heavy atom. The van der Waals surface area contributed by atoms with Crippen molar-refractivity contribution in [1.82, 2.24) is 5.16 Å². The lowest BCUT2D eigenvalue weighted by Crippen LogP contribution is -2.26. The first kappa shape index (κ1) is 9.98. The normalized spacial score (nSPS) is 12.9. The Balaban J connectivity index is 2.14. The summed E-state index contributed by atoms with van der Waals surface area (Å²) in [5, 5.41) is 4.74. The van der Waals surface area contributed by atoms with E-state index >= 15 is 0 Å². The van der Waals surface area contributed by atoms with Gasteiger partial charge in [-0.25, -0.2) is 0 Å². The van der Waals surface area contributed by atoms with Gasteiger partial charge in [-0.1, -0.05) is 19.1 Å². The molecule has 15 heavy (non-hydrogen) atoms. The summed E-state index contributed by atoms with van der Waals surface area (Å²) < 4.78 is 10.6. The SMILES string of the molecule is CCC(N)COc1noc2ccccc12. The number of benzene rings is 1. The number of ether oxygens (including phenoxy) is 1. The zero-order chi connectivity index (χ0) is 10.7. The Hall–Kier alpha value is -1.55. The minimum absolute atomic E-state index is 0.0421. The van der Waals surface area contributed by atoms with Gasteiger partial charge in [-0.3, -0.25) is 0 Å². The van der Waals surface area contributed by atoms with Crippen LogP contribution in [0.15, 0.2) is 28.8 Å². The van der Waals surface area contributed by atoms with E-state index in [0.717, 1.165) is 17.4 Å². The number of fused-ring (bicyclic) bond motifs is 1. The molecule has 1 aromatic heterocycles. The van der Waals surface area contributed by atoms with Crippen molar-refractivity contribution >= 4 is 11.0 Å². The van der Waals surface area contributed by atoms with Gasteiger partial charge >= 0.3 is 0 Å². The second-order valence-electron chi connectivity index (χ2n) is 3.46. The highest BCUT2D eigenvalue weighted by Crippen LogP contribution is 2.23. The van der Waals surface area contributed by atoms with Crippen LogP contribution in [0.2, 0.25) is 0 Å². The van der Waals surface area contributed by atoms with Crippen LogP contribution in [-0.4, -0.2) is 17.8 Å². The molecule has 1 aromatic carbocycles. The molecule has 2 N–H and O–H groups in total. The summed E-state index contributed by atoms with van der Waals surface area (Å²) in [6.07, 6.45) is 0.885. The van der Waals surface area contributed by atoms with E-state index in [2.05, 4.69) is 5.16 Å². The summed E-state index contributed by atoms with van der Waals surface area (Å²) in [7, 11) is 0. The third-order valence-electron chi connectivity index (χ3n) is 2.30. The van der Waals surface area contributed by atoms with Gasteiger partial charge in [0.1, 0.15) is 6.61 Å². The van der Waals surface area contributed by atoms with Crippen molar-refractivity contribution in [3.05, 3.63) is 24.3 Å². The molecule has 1 unspecified atom stereocenters. The number of hydrogen-bond donors (Lipinski definition) is 1. The Labute approximate surface area is 88.0 Å². The molecule has 80 valence electrons. The van der Waals surface area contributed by atoms with Crippen LogP contribution < -0.4 is 10.5 Å². The minimum atomic E-state index is 0.0421. The van der Waals surface area contributed by atoms with E-state index in [1.807, 2.05) is 31.2 Å². The zero-order valence-corrected chi connectivity index (χ0v) is 8.64. The van der Waals surface area contributed by atoms with Gasteiger partial charge in [0.2, 0.25) is 0 Å². The van der Waals surface area contributed by atoms with Gasteiger partial charge in [-0.15, -0.1) is 0 Å². The molecule has 4 nitrogen and oxygen atoms in total. The Bertz CT molecular complexity index is 439. The molecule has 0 saturated heterocycles. The fourth-order valence-electron chi connectivity index (χ4n) is 1.27. The first-order valence-corrected chi connectivity index (χ1v) is 5.04. The van der Waals surface area contributed by atoms with Gasteiger partial charge in [0.05, 0.1) is 5.39 Å². The molecule has 0 amide bonds. The van der Waals surface area contributed by atoms with Crippen LogP contribution in [0.1, 0.15) is 13.3 Å². The topological polar surface area (TPSA) is 61.3 Å². The largest absolute Gasteiger partial charge is 0.473 e. The molecule has 0 aliphatic rings. The highest BCUT2D eigenvalue weighted by Gasteiger charge is 2.09. The minimum Gasteiger partial charge on any atom is -0.473 e. The van der Waals surface area contributed by atoms with Gasteiger partial charge in [-0.2, -0.15) is 0 Å².